The van der Waals surface area contributed by atoms with E-state index >= 15 is 0 Å². The van der Waals surface area contributed by atoms with Crippen LogP contribution in [-0.4, -0.2) is 37.4 Å². The van der Waals surface area contributed by atoms with Gasteiger partial charge in [-0.25, -0.2) is 9.97 Å². The zero-order valence-electron chi connectivity index (χ0n) is 15.5. The lowest BCUT2D eigenvalue weighted by Crippen LogP contribution is -2.25. The van der Waals surface area contributed by atoms with Crippen molar-refractivity contribution in [2.75, 3.05) is 11.9 Å². The van der Waals surface area contributed by atoms with Crippen LogP contribution in [0, 0.1) is 0 Å². The molecule has 0 spiro atoms. The molecule has 8 heteroatoms. The Morgan fingerprint density at radius 2 is 2.07 bits per heavy atom. The number of aromatic nitrogens is 4. The molecule has 0 aliphatic rings. The van der Waals surface area contributed by atoms with Crippen LogP contribution in [-0.2, 0) is 0 Å². The third-order valence-electron chi connectivity index (χ3n) is 4.88. The van der Waals surface area contributed by atoms with Crippen molar-refractivity contribution in [2.24, 2.45) is 0 Å². The molecule has 1 amide bonds. The highest BCUT2D eigenvalue weighted by Crippen LogP contribution is 2.28. The predicted molar refractivity (Wildman–Crippen MR) is 112 cm³/mol. The number of nitrogens with zero attached hydrogens (tertiary/aromatic N) is 4. The van der Waals surface area contributed by atoms with E-state index in [1.807, 2.05) is 59.1 Å². The molecular formula is C21H17N5O2S. The number of aromatic amines is 1. The summed E-state index contributed by atoms with van der Waals surface area (Å²) < 4.78 is 1.91. The van der Waals surface area contributed by atoms with Gasteiger partial charge in [0.25, 0.3) is 5.91 Å². The number of amides is 1. The summed E-state index contributed by atoms with van der Waals surface area (Å²) in [5.41, 5.74) is 3.19. The molecule has 29 heavy (non-hydrogen) atoms. The molecule has 0 aliphatic carbocycles. The number of hydrogen-bond acceptors (Lipinski definition) is 5. The van der Waals surface area contributed by atoms with Crippen LogP contribution in [0.2, 0.25) is 0 Å². The van der Waals surface area contributed by atoms with E-state index in [-0.39, 0.29) is 5.91 Å². The van der Waals surface area contributed by atoms with Gasteiger partial charge >= 0.3 is 0 Å². The number of H-pyrrole nitrogens is 1. The Hall–Kier alpha value is -3.49. The molecule has 0 saturated heterocycles. The van der Waals surface area contributed by atoms with Gasteiger partial charge in [0.05, 0.1) is 11.0 Å². The van der Waals surface area contributed by atoms with Gasteiger partial charge in [-0.2, -0.15) is 0 Å². The van der Waals surface area contributed by atoms with Gasteiger partial charge in [-0.05, 0) is 29.8 Å². The number of imidazole rings is 2. The highest BCUT2D eigenvalue weighted by Gasteiger charge is 2.20. The van der Waals surface area contributed by atoms with Crippen LogP contribution < -0.4 is 4.90 Å². The summed E-state index contributed by atoms with van der Waals surface area (Å²) in [6, 6.07) is 15.1. The standard InChI is InChI=1S/C21H17N5O2S/c1-25(14-5-3-2-4-6-14)20(28)17-12-26-16-8-7-13(11-15(16)24-21(26)29-17)18(27)19-22-9-10-23-19/h2-12,18,27H,1H3,(H,22,23). The number of carbonyl (C=O) groups is 1. The number of nitrogens with one attached hydrogen (secondary N) is 1. The first-order chi connectivity index (χ1) is 14.1. The maximum atomic E-state index is 12.9. The number of benzene rings is 2. The van der Waals surface area contributed by atoms with Gasteiger partial charge in [-0.1, -0.05) is 35.6 Å². The Morgan fingerprint density at radius 1 is 1.24 bits per heavy atom. The fraction of sp³-hybridized carbons (Fsp3) is 0.0952. The molecule has 7 nitrogen and oxygen atoms in total. The predicted octanol–water partition coefficient (Wildman–Crippen LogP) is 3.63. The van der Waals surface area contributed by atoms with Crippen LogP contribution >= 0.6 is 11.3 Å². The number of aliphatic hydroxyl groups is 1. The summed E-state index contributed by atoms with van der Waals surface area (Å²) >= 11 is 1.35. The first kappa shape index (κ1) is 17.6. The molecule has 3 heterocycles. The summed E-state index contributed by atoms with van der Waals surface area (Å²) in [6.45, 7) is 0. The Labute approximate surface area is 169 Å². The number of thiazole rings is 1. The van der Waals surface area contributed by atoms with Crippen LogP contribution in [0.3, 0.4) is 0 Å². The van der Waals surface area contributed by atoms with Crippen LogP contribution in [0.4, 0.5) is 5.69 Å². The van der Waals surface area contributed by atoms with Gasteiger partial charge < -0.3 is 15.0 Å². The average Bonchev–Trinajstić information content (AvgIpc) is 3.48. The van der Waals surface area contributed by atoms with Crippen molar-refractivity contribution < 1.29 is 9.90 Å². The molecule has 0 saturated carbocycles. The maximum absolute atomic E-state index is 12.9. The lowest BCUT2D eigenvalue weighted by Gasteiger charge is -2.15. The molecule has 3 aromatic heterocycles. The summed E-state index contributed by atoms with van der Waals surface area (Å²) in [4.78, 5) is 27.5. The van der Waals surface area contributed by atoms with Crippen molar-refractivity contribution >= 4 is 38.9 Å². The van der Waals surface area contributed by atoms with E-state index in [0.29, 0.717) is 16.3 Å². The first-order valence-corrected chi connectivity index (χ1v) is 9.85. The van der Waals surface area contributed by atoms with Gasteiger partial charge in [0.2, 0.25) is 0 Å². The van der Waals surface area contributed by atoms with E-state index in [1.54, 1.807) is 24.3 Å². The van der Waals surface area contributed by atoms with Crippen molar-refractivity contribution in [1.82, 2.24) is 19.4 Å². The average molecular weight is 403 g/mol. The second-order valence-electron chi connectivity index (χ2n) is 6.68. The summed E-state index contributed by atoms with van der Waals surface area (Å²) in [5.74, 6) is 0.409. The fourth-order valence-corrected chi connectivity index (χ4v) is 4.29. The molecule has 0 bridgehead atoms. The molecule has 0 fully saturated rings. The normalized spacial score (nSPS) is 12.5. The molecule has 1 unspecified atom stereocenters. The van der Waals surface area contributed by atoms with Crippen LogP contribution in [0.5, 0.6) is 0 Å². The molecule has 2 aromatic carbocycles. The highest BCUT2D eigenvalue weighted by atomic mass is 32.1. The smallest absolute Gasteiger partial charge is 0.269 e. The molecule has 0 aliphatic heterocycles. The van der Waals surface area contributed by atoms with Crippen molar-refractivity contribution in [3.8, 4) is 0 Å². The number of para-hydroxylation sites is 1. The highest BCUT2D eigenvalue weighted by molar-refractivity contribution is 7.19. The van der Waals surface area contributed by atoms with Gasteiger partial charge in [0.15, 0.2) is 4.96 Å². The van der Waals surface area contributed by atoms with E-state index < -0.39 is 6.10 Å². The Morgan fingerprint density at radius 3 is 2.83 bits per heavy atom. The largest absolute Gasteiger partial charge is 0.380 e. The van der Waals surface area contributed by atoms with Gasteiger partial charge in [-0.15, -0.1) is 0 Å². The maximum Gasteiger partial charge on any atom is 0.269 e. The fourth-order valence-electron chi connectivity index (χ4n) is 3.32. The van der Waals surface area contributed by atoms with Crippen molar-refractivity contribution in [3.05, 3.63) is 83.4 Å². The van der Waals surface area contributed by atoms with Gasteiger partial charge in [0.1, 0.15) is 16.8 Å². The van der Waals surface area contributed by atoms with Crippen molar-refractivity contribution in [3.63, 3.8) is 0 Å². The zero-order chi connectivity index (χ0) is 20.0. The summed E-state index contributed by atoms with van der Waals surface area (Å²) in [5, 5.41) is 10.5. The molecule has 144 valence electrons. The molecule has 5 aromatic rings. The molecule has 2 N–H and O–H groups in total. The number of anilines is 1. The van der Waals surface area contributed by atoms with Gasteiger partial charge in [0, 0.05) is 31.3 Å². The summed E-state index contributed by atoms with van der Waals surface area (Å²) in [7, 11) is 1.76. The first-order valence-electron chi connectivity index (χ1n) is 9.04. The topological polar surface area (TPSA) is 86.5 Å². The van der Waals surface area contributed by atoms with Crippen molar-refractivity contribution in [1.29, 1.82) is 0 Å². The number of rotatable bonds is 4. The molecule has 1 atom stereocenters. The minimum atomic E-state index is -0.842. The summed E-state index contributed by atoms with van der Waals surface area (Å²) in [6.07, 6.45) is 4.26. The third kappa shape index (κ3) is 2.98. The molecular weight excluding hydrogens is 386 g/mol. The Bertz CT molecular complexity index is 1310. The Kier molecular flexibility index (Phi) is 4.15. The third-order valence-corrected chi connectivity index (χ3v) is 5.85. The van der Waals surface area contributed by atoms with E-state index in [4.69, 9.17) is 0 Å². The van der Waals surface area contributed by atoms with E-state index in [0.717, 1.165) is 21.7 Å². The van der Waals surface area contributed by atoms with Crippen LogP contribution in [0.25, 0.3) is 16.0 Å². The molecule has 5 rings (SSSR count). The van der Waals surface area contributed by atoms with E-state index in [2.05, 4.69) is 15.0 Å². The van der Waals surface area contributed by atoms with Crippen LogP contribution in [0.15, 0.2) is 67.1 Å². The van der Waals surface area contributed by atoms with E-state index in [9.17, 15) is 9.90 Å². The SMILES string of the molecule is CN(C(=O)c1cn2c(nc3cc(C(O)c4ncc[nH]4)ccc32)s1)c1ccccc1. The quantitative estimate of drug-likeness (QED) is 0.480. The number of fused-ring (bicyclic) bond motifs is 3. The van der Waals surface area contributed by atoms with Gasteiger partial charge in [-0.3, -0.25) is 9.20 Å². The lowest BCUT2D eigenvalue weighted by molar-refractivity contribution is 0.0996. The monoisotopic (exact) mass is 403 g/mol. The van der Waals surface area contributed by atoms with Crippen molar-refractivity contribution in [2.45, 2.75) is 6.10 Å². The lowest BCUT2D eigenvalue weighted by atomic mass is 10.1. The minimum absolute atomic E-state index is 0.0790. The number of carbonyl (C=O) groups excluding carboxylic acids is 1. The van der Waals surface area contributed by atoms with E-state index in [1.165, 1.54) is 11.3 Å². The van der Waals surface area contributed by atoms with Crippen LogP contribution in [0.1, 0.15) is 27.2 Å². The number of aliphatic hydroxyl groups excluding tert-OH is 1. The Balaban J connectivity index is 1.49. The minimum Gasteiger partial charge on any atom is -0.380 e. The molecule has 0 radical (unpaired) electrons. The second-order valence-corrected chi connectivity index (χ2v) is 7.69. The second kappa shape index (κ2) is 6.84. The number of hydrogen-bond donors (Lipinski definition) is 2. The zero-order valence-corrected chi connectivity index (χ0v) is 16.3.